The molecule has 0 bridgehead atoms. The molecule has 0 aliphatic carbocycles. The first kappa shape index (κ1) is 9.60. The molecule has 0 atom stereocenters. The van der Waals surface area contributed by atoms with Crippen LogP contribution in [0.4, 0.5) is 5.69 Å². The molecule has 13 heavy (non-hydrogen) atoms. The van der Waals surface area contributed by atoms with Crippen LogP contribution in [0.2, 0.25) is 0 Å². The van der Waals surface area contributed by atoms with Gasteiger partial charge in [0.05, 0.1) is 22.5 Å². The molecule has 3 heteroatoms. The minimum absolute atomic E-state index is 0.681. The van der Waals surface area contributed by atoms with Crippen LogP contribution in [0.15, 0.2) is 17.1 Å². The van der Waals surface area contributed by atoms with Crippen molar-refractivity contribution in [3.8, 4) is 6.07 Å². The highest BCUT2D eigenvalue weighted by Crippen LogP contribution is 2.23. The highest BCUT2D eigenvalue weighted by molar-refractivity contribution is 7.78. The van der Waals surface area contributed by atoms with Gasteiger partial charge in [0, 0.05) is 0 Å². The second-order valence-electron chi connectivity index (χ2n) is 2.70. The summed E-state index contributed by atoms with van der Waals surface area (Å²) in [5, 5.41) is 11.1. The Bertz CT molecular complexity index is 423. The Labute approximate surface area is 82.5 Å². The molecular weight excluding hydrogens is 180 g/mol. The van der Waals surface area contributed by atoms with E-state index in [0.717, 1.165) is 16.8 Å². The summed E-state index contributed by atoms with van der Waals surface area (Å²) < 4.78 is 0. The lowest BCUT2D eigenvalue weighted by molar-refractivity contribution is 1.29. The van der Waals surface area contributed by atoms with E-state index in [9.17, 15) is 0 Å². The summed E-state index contributed by atoms with van der Waals surface area (Å²) in [5.74, 6) is 0. The van der Waals surface area contributed by atoms with Gasteiger partial charge >= 0.3 is 0 Å². The first-order valence-corrected chi connectivity index (χ1v) is 4.19. The number of nitriles is 1. The van der Waals surface area contributed by atoms with Crippen molar-refractivity contribution in [1.29, 1.82) is 5.26 Å². The first-order chi connectivity index (χ1) is 6.20. The third-order valence-electron chi connectivity index (χ3n) is 2.05. The van der Waals surface area contributed by atoms with Crippen LogP contribution >= 0.6 is 12.2 Å². The highest BCUT2D eigenvalue weighted by atomic mass is 32.1. The van der Waals surface area contributed by atoms with Crippen molar-refractivity contribution in [3.63, 3.8) is 0 Å². The molecular formula is C10H8N2S. The topological polar surface area (TPSA) is 36.1 Å². The van der Waals surface area contributed by atoms with Crippen molar-refractivity contribution >= 4 is 23.1 Å². The summed E-state index contributed by atoms with van der Waals surface area (Å²) in [6.07, 6.45) is 0. The van der Waals surface area contributed by atoms with Gasteiger partial charge in [0.2, 0.25) is 0 Å². The van der Waals surface area contributed by atoms with Gasteiger partial charge in [0.1, 0.15) is 0 Å². The third-order valence-corrected chi connectivity index (χ3v) is 2.14. The third kappa shape index (κ3) is 1.81. The molecule has 0 spiro atoms. The quantitative estimate of drug-likeness (QED) is 0.502. The number of nitrogens with zero attached hydrogens (tertiary/aromatic N) is 2. The smallest absolute Gasteiger partial charge is 0.0994 e. The van der Waals surface area contributed by atoms with Gasteiger partial charge in [-0.05, 0) is 49.3 Å². The largest absolute Gasteiger partial charge is 0.194 e. The van der Waals surface area contributed by atoms with Crippen LogP contribution in [0, 0.1) is 25.2 Å². The number of hydrogen-bond acceptors (Lipinski definition) is 3. The maximum absolute atomic E-state index is 8.75. The number of hydrogen-bond donors (Lipinski definition) is 0. The molecule has 64 valence electrons. The molecule has 0 saturated carbocycles. The molecule has 0 aromatic heterocycles. The van der Waals surface area contributed by atoms with Crippen molar-refractivity contribution in [1.82, 2.24) is 0 Å². The van der Waals surface area contributed by atoms with E-state index in [1.807, 2.05) is 13.8 Å². The van der Waals surface area contributed by atoms with Gasteiger partial charge in [-0.15, -0.1) is 0 Å². The fourth-order valence-corrected chi connectivity index (χ4v) is 1.20. The molecule has 0 N–H and O–H groups in total. The molecule has 2 nitrogen and oxygen atoms in total. The van der Waals surface area contributed by atoms with E-state index in [0.29, 0.717) is 5.56 Å². The van der Waals surface area contributed by atoms with Crippen LogP contribution in [0.5, 0.6) is 0 Å². The van der Waals surface area contributed by atoms with Gasteiger partial charge < -0.3 is 0 Å². The molecule has 0 amide bonds. The zero-order chi connectivity index (χ0) is 9.84. The zero-order valence-electron chi connectivity index (χ0n) is 7.46. The Hall–Kier alpha value is -1.49. The zero-order valence-corrected chi connectivity index (χ0v) is 8.27. The summed E-state index contributed by atoms with van der Waals surface area (Å²) in [5.41, 5.74) is 3.40. The Balaban J connectivity index is 3.41. The molecule has 0 fully saturated rings. The van der Waals surface area contributed by atoms with Gasteiger partial charge in [-0.3, -0.25) is 0 Å². The minimum atomic E-state index is 0.681. The Morgan fingerprint density at radius 3 is 2.54 bits per heavy atom. The standard InChI is InChI=1S/C10H8N2S/c1-7-8(2)10(12-6-13)4-3-9(7)5-11/h3-4H,1-2H3. The van der Waals surface area contributed by atoms with E-state index >= 15 is 0 Å². The van der Waals surface area contributed by atoms with Crippen LogP contribution in [-0.4, -0.2) is 5.16 Å². The van der Waals surface area contributed by atoms with Crippen molar-refractivity contribution in [3.05, 3.63) is 28.8 Å². The van der Waals surface area contributed by atoms with E-state index in [1.54, 1.807) is 12.1 Å². The van der Waals surface area contributed by atoms with Gasteiger partial charge in [-0.25, -0.2) is 0 Å². The lowest BCUT2D eigenvalue weighted by atomic mass is 10.0. The van der Waals surface area contributed by atoms with E-state index in [2.05, 4.69) is 28.4 Å². The number of thiocarbonyl (C=S) groups is 1. The molecule has 1 aromatic carbocycles. The molecule has 0 unspecified atom stereocenters. The van der Waals surface area contributed by atoms with Crippen LogP contribution in [0.3, 0.4) is 0 Å². The van der Waals surface area contributed by atoms with Gasteiger partial charge in [-0.1, -0.05) is 0 Å². The van der Waals surface area contributed by atoms with E-state index in [1.165, 1.54) is 0 Å². The first-order valence-electron chi connectivity index (χ1n) is 3.79. The molecule has 0 heterocycles. The normalized spacial score (nSPS) is 8.69. The van der Waals surface area contributed by atoms with Gasteiger partial charge in [0.25, 0.3) is 0 Å². The molecule has 0 aliphatic rings. The lowest BCUT2D eigenvalue weighted by Crippen LogP contribution is -1.86. The molecule has 1 aromatic rings. The summed E-state index contributed by atoms with van der Waals surface area (Å²) in [6.45, 7) is 3.82. The highest BCUT2D eigenvalue weighted by Gasteiger charge is 2.03. The number of aliphatic imine (C=N–C) groups is 1. The predicted octanol–water partition coefficient (Wildman–Crippen LogP) is 2.91. The second-order valence-corrected chi connectivity index (χ2v) is 2.88. The SMILES string of the molecule is Cc1c(C#N)ccc(N=C=S)c1C. The number of isothiocyanates is 1. The predicted molar refractivity (Wildman–Crippen MR) is 55.3 cm³/mol. The maximum Gasteiger partial charge on any atom is 0.0994 e. The lowest BCUT2D eigenvalue weighted by Gasteiger charge is -2.03. The maximum atomic E-state index is 8.75. The number of rotatable bonds is 1. The Morgan fingerprint density at radius 2 is 2.00 bits per heavy atom. The summed E-state index contributed by atoms with van der Waals surface area (Å²) in [4.78, 5) is 3.90. The average molecular weight is 188 g/mol. The van der Waals surface area contributed by atoms with E-state index in [4.69, 9.17) is 5.26 Å². The van der Waals surface area contributed by atoms with E-state index in [-0.39, 0.29) is 0 Å². The van der Waals surface area contributed by atoms with Crippen molar-refractivity contribution in [2.45, 2.75) is 13.8 Å². The second kappa shape index (κ2) is 3.95. The Morgan fingerprint density at radius 1 is 1.31 bits per heavy atom. The molecule has 0 aliphatic heterocycles. The van der Waals surface area contributed by atoms with E-state index < -0.39 is 0 Å². The van der Waals surface area contributed by atoms with Crippen molar-refractivity contribution < 1.29 is 0 Å². The van der Waals surface area contributed by atoms with Gasteiger partial charge in [-0.2, -0.15) is 10.3 Å². The summed E-state index contributed by atoms with van der Waals surface area (Å²) >= 11 is 4.52. The Kier molecular flexibility index (Phi) is 2.92. The average Bonchev–Trinajstić information content (AvgIpc) is 2.14. The molecule has 1 rings (SSSR count). The fourth-order valence-electron chi connectivity index (χ4n) is 1.10. The van der Waals surface area contributed by atoms with Crippen LogP contribution in [-0.2, 0) is 0 Å². The fraction of sp³-hybridized carbons (Fsp3) is 0.200. The monoisotopic (exact) mass is 188 g/mol. The summed E-state index contributed by atoms with van der Waals surface area (Å²) in [7, 11) is 0. The van der Waals surface area contributed by atoms with Crippen LogP contribution < -0.4 is 0 Å². The number of benzene rings is 1. The molecule has 0 saturated heterocycles. The summed E-state index contributed by atoms with van der Waals surface area (Å²) in [6, 6.07) is 5.64. The minimum Gasteiger partial charge on any atom is -0.194 e. The van der Waals surface area contributed by atoms with Crippen LogP contribution in [0.1, 0.15) is 16.7 Å². The molecule has 0 radical (unpaired) electrons. The van der Waals surface area contributed by atoms with Gasteiger partial charge in [0.15, 0.2) is 0 Å². The van der Waals surface area contributed by atoms with Crippen molar-refractivity contribution in [2.24, 2.45) is 4.99 Å². The van der Waals surface area contributed by atoms with Crippen molar-refractivity contribution in [2.75, 3.05) is 0 Å². The van der Waals surface area contributed by atoms with Crippen LogP contribution in [0.25, 0.3) is 0 Å².